The van der Waals surface area contributed by atoms with Gasteiger partial charge in [-0.05, 0) is 55.3 Å². The fourth-order valence-electron chi connectivity index (χ4n) is 5.56. The van der Waals surface area contributed by atoms with Crippen LogP contribution in [0.1, 0.15) is 74.8 Å². The first-order chi connectivity index (χ1) is 16.8. The van der Waals surface area contributed by atoms with Crippen LogP contribution in [-0.2, 0) is 6.42 Å². The highest BCUT2D eigenvalue weighted by Gasteiger charge is 2.22. The molecule has 6 rings (SSSR count). The Kier molecular flexibility index (Phi) is 5.79. The van der Waals surface area contributed by atoms with Crippen molar-refractivity contribution < 1.29 is 0 Å². The first-order valence-corrected chi connectivity index (χ1v) is 12.9. The van der Waals surface area contributed by atoms with Crippen molar-refractivity contribution in [2.75, 3.05) is 6.54 Å². The van der Waals surface area contributed by atoms with Gasteiger partial charge >= 0.3 is 0 Å². The van der Waals surface area contributed by atoms with Gasteiger partial charge in [0.1, 0.15) is 11.6 Å². The molecule has 1 saturated carbocycles. The third-order valence-electron chi connectivity index (χ3n) is 7.57. The lowest BCUT2D eigenvalue weighted by atomic mass is 10.0. The van der Waals surface area contributed by atoms with Crippen LogP contribution in [0.3, 0.4) is 0 Å². The van der Waals surface area contributed by atoms with Crippen LogP contribution in [0.2, 0.25) is 0 Å². The molecule has 0 unspecified atom stereocenters. The Hall–Kier alpha value is -3.18. The molecule has 1 aliphatic carbocycles. The molecule has 2 aliphatic rings. The van der Waals surface area contributed by atoms with Crippen molar-refractivity contribution in [3.8, 4) is 33.6 Å². The zero-order chi connectivity index (χ0) is 22.9. The molecule has 1 atom stereocenters. The first-order valence-electron chi connectivity index (χ1n) is 12.9. The lowest BCUT2D eigenvalue weighted by Crippen LogP contribution is -2.14. The van der Waals surface area contributed by atoms with Gasteiger partial charge in [-0.2, -0.15) is 0 Å². The molecular weight excluding hydrogens is 418 g/mol. The fourth-order valence-corrected chi connectivity index (χ4v) is 5.56. The quantitative estimate of drug-likeness (QED) is 0.303. The summed E-state index contributed by atoms with van der Waals surface area (Å²) >= 11 is 0. The van der Waals surface area contributed by atoms with Gasteiger partial charge in [0, 0.05) is 17.2 Å². The molecule has 4 aromatic rings. The van der Waals surface area contributed by atoms with Crippen LogP contribution in [0.5, 0.6) is 0 Å². The Morgan fingerprint density at radius 1 is 0.765 bits per heavy atom. The van der Waals surface area contributed by atoms with Crippen molar-refractivity contribution in [1.29, 1.82) is 0 Å². The van der Waals surface area contributed by atoms with E-state index in [2.05, 4.69) is 75.7 Å². The van der Waals surface area contributed by atoms with Crippen LogP contribution < -0.4 is 5.32 Å². The Morgan fingerprint density at radius 3 is 2.09 bits per heavy atom. The predicted molar refractivity (Wildman–Crippen MR) is 138 cm³/mol. The molecule has 2 aromatic heterocycles. The molecule has 1 aliphatic heterocycles. The highest BCUT2D eigenvalue weighted by atomic mass is 15.0. The van der Waals surface area contributed by atoms with Crippen LogP contribution in [0.4, 0.5) is 0 Å². The smallest absolute Gasteiger partial charge is 0.124 e. The van der Waals surface area contributed by atoms with E-state index in [1.807, 2.05) is 6.20 Å². The molecule has 5 heteroatoms. The summed E-state index contributed by atoms with van der Waals surface area (Å²) in [6.45, 7) is 3.27. The van der Waals surface area contributed by atoms with Gasteiger partial charge in [0.25, 0.3) is 0 Å². The lowest BCUT2D eigenvalue weighted by molar-refractivity contribution is 0.611. The van der Waals surface area contributed by atoms with Gasteiger partial charge in [-0.1, -0.05) is 68.3 Å². The molecule has 2 aromatic carbocycles. The average Bonchev–Trinajstić information content (AvgIpc) is 3.70. The summed E-state index contributed by atoms with van der Waals surface area (Å²) in [5.74, 6) is 2.85. The predicted octanol–water partition coefficient (Wildman–Crippen LogP) is 6.78. The van der Waals surface area contributed by atoms with E-state index in [1.54, 1.807) is 0 Å². The summed E-state index contributed by atoms with van der Waals surface area (Å²) in [7, 11) is 0. The van der Waals surface area contributed by atoms with E-state index < -0.39 is 0 Å². The maximum Gasteiger partial charge on any atom is 0.124 e. The van der Waals surface area contributed by atoms with E-state index in [1.165, 1.54) is 60.1 Å². The Balaban J connectivity index is 1.20. The van der Waals surface area contributed by atoms with Gasteiger partial charge in [0.05, 0.1) is 23.6 Å². The van der Waals surface area contributed by atoms with Crippen LogP contribution in [0, 0.1) is 0 Å². The molecule has 3 N–H and O–H groups in total. The van der Waals surface area contributed by atoms with Crippen LogP contribution in [-0.4, -0.2) is 26.5 Å². The molecule has 2 fully saturated rings. The molecule has 0 spiro atoms. The molecule has 34 heavy (non-hydrogen) atoms. The minimum atomic E-state index is 0.362. The topological polar surface area (TPSA) is 69.4 Å². The van der Waals surface area contributed by atoms with Crippen LogP contribution in [0.15, 0.2) is 54.7 Å². The molecule has 0 amide bonds. The molecule has 5 nitrogen and oxygen atoms in total. The van der Waals surface area contributed by atoms with E-state index in [0.29, 0.717) is 12.0 Å². The van der Waals surface area contributed by atoms with Gasteiger partial charge in [-0.25, -0.2) is 9.97 Å². The number of aromatic amines is 2. The molecular formula is C29H33N5. The highest BCUT2D eigenvalue weighted by molar-refractivity contribution is 5.72. The molecule has 174 valence electrons. The Labute approximate surface area is 201 Å². The van der Waals surface area contributed by atoms with Crippen molar-refractivity contribution in [2.45, 2.75) is 63.8 Å². The van der Waals surface area contributed by atoms with Gasteiger partial charge in [-0.3, -0.25) is 0 Å². The first kappa shape index (κ1) is 21.4. The largest absolute Gasteiger partial charge is 0.344 e. The Morgan fingerprint density at radius 2 is 1.44 bits per heavy atom. The van der Waals surface area contributed by atoms with Crippen molar-refractivity contribution >= 4 is 0 Å². The van der Waals surface area contributed by atoms with Crippen molar-refractivity contribution in [3.63, 3.8) is 0 Å². The average molecular weight is 452 g/mol. The Bertz CT molecular complexity index is 1240. The van der Waals surface area contributed by atoms with E-state index in [9.17, 15) is 0 Å². The zero-order valence-electron chi connectivity index (χ0n) is 19.9. The second-order valence-corrected chi connectivity index (χ2v) is 9.77. The second-order valence-electron chi connectivity index (χ2n) is 9.77. The summed E-state index contributed by atoms with van der Waals surface area (Å²) in [5.41, 5.74) is 8.23. The van der Waals surface area contributed by atoms with Crippen LogP contribution in [0.25, 0.3) is 33.6 Å². The summed E-state index contributed by atoms with van der Waals surface area (Å²) in [5, 5.41) is 3.55. The second kappa shape index (κ2) is 9.22. The van der Waals surface area contributed by atoms with Crippen molar-refractivity contribution in [3.05, 3.63) is 72.1 Å². The van der Waals surface area contributed by atoms with Crippen molar-refractivity contribution in [1.82, 2.24) is 25.3 Å². The van der Waals surface area contributed by atoms with Crippen LogP contribution >= 0.6 is 0 Å². The van der Waals surface area contributed by atoms with Crippen molar-refractivity contribution in [2.24, 2.45) is 0 Å². The number of hydrogen-bond donors (Lipinski definition) is 3. The van der Waals surface area contributed by atoms with Gasteiger partial charge in [0.15, 0.2) is 0 Å². The summed E-state index contributed by atoms with van der Waals surface area (Å²) in [4.78, 5) is 16.8. The highest BCUT2D eigenvalue weighted by Crippen LogP contribution is 2.34. The maximum absolute atomic E-state index is 4.98. The lowest BCUT2D eigenvalue weighted by Gasteiger charge is -2.07. The summed E-state index contributed by atoms with van der Waals surface area (Å²) in [6.07, 6.45) is 10.5. The molecule has 0 radical (unpaired) electrons. The fraction of sp³-hybridized carbons (Fsp3) is 0.379. The van der Waals surface area contributed by atoms with E-state index in [-0.39, 0.29) is 0 Å². The number of aromatic nitrogens is 4. The summed E-state index contributed by atoms with van der Waals surface area (Å²) < 4.78 is 0. The zero-order valence-corrected chi connectivity index (χ0v) is 19.9. The number of nitrogens with one attached hydrogen (secondary N) is 3. The SMILES string of the molecule is CCc1[nH]c([C@@H]2CCCN2)nc1-c1ccc(-c2ccc(-c3cnc(C4CCCC4)[nH]3)cc2)cc1. The van der Waals surface area contributed by atoms with E-state index in [0.717, 1.165) is 42.4 Å². The third kappa shape index (κ3) is 4.09. The van der Waals surface area contributed by atoms with Gasteiger partial charge in [-0.15, -0.1) is 0 Å². The summed E-state index contributed by atoms with van der Waals surface area (Å²) in [6, 6.07) is 18.0. The van der Waals surface area contributed by atoms with Gasteiger partial charge < -0.3 is 15.3 Å². The monoisotopic (exact) mass is 451 g/mol. The molecule has 1 saturated heterocycles. The standard InChI is InChI=1S/C29H33N5/c1-2-24-27(34-29(32-24)25-8-5-17-30-25)22-15-11-20(12-16-22)19-9-13-21(14-10-19)26-18-31-28(33-26)23-6-3-4-7-23/h9-16,18,23,25,30H,2-8,17H2,1H3,(H,31,33)(H,32,34)/t25-/m0/s1. The number of benzene rings is 2. The number of aryl methyl sites for hydroxylation is 1. The number of hydrogen-bond acceptors (Lipinski definition) is 3. The number of imidazole rings is 2. The van der Waals surface area contributed by atoms with E-state index in [4.69, 9.17) is 4.98 Å². The molecule has 0 bridgehead atoms. The maximum atomic E-state index is 4.98. The normalized spacial score (nSPS) is 18.7. The number of nitrogens with zero attached hydrogens (tertiary/aromatic N) is 2. The number of H-pyrrole nitrogens is 2. The minimum Gasteiger partial charge on any atom is -0.344 e. The number of rotatable bonds is 6. The van der Waals surface area contributed by atoms with Gasteiger partial charge in [0.2, 0.25) is 0 Å². The molecule has 3 heterocycles. The van der Waals surface area contributed by atoms with E-state index >= 15 is 0 Å². The minimum absolute atomic E-state index is 0.362. The third-order valence-corrected chi connectivity index (χ3v) is 7.57.